The average molecular weight is 228 g/mol. The van der Waals surface area contributed by atoms with Crippen LogP contribution in [0.2, 0.25) is 0 Å². The van der Waals surface area contributed by atoms with Crippen LogP contribution in [-0.4, -0.2) is 21.2 Å². The third kappa shape index (κ3) is 2.72. The molecule has 84 valence electrons. The number of phenolic OH excluding ortho intramolecular Hbond substituents is 1. The molecule has 0 aliphatic heterocycles. The van der Waals surface area contributed by atoms with E-state index < -0.39 is 10.8 Å². The summed E-state index contributed by atoms with van der Waals surface area (Å²) in [6, 6.07) is 4.81. The quantitative estimate of drug-likeness (QED) is 0.845. The van der Waals surface area contributed by atoms with Gasteiger partial charge in [-0.05, 0) is 39.0 Å². The highest BCUT2D eigenvalue weighted by atomic mass is 32.2. The zero-order valence-electron chi connectivity index (χ0n) is 9.40. The number of hydrogen-bond acceptors (Lipinski definition) is 3. The number of hydrogen-bond donors (Lipinski definition) is 1. The van der Waals surface area contributed by atoms with E-state index in [1.165, 1.54) is 13.2 Å². The van der Waals surface area contributed by atoms with Gasteiger partial charge in [0.25, 0.3) is 0 Å². The summed E-state index contributed by atoms with van der Waals surface area (Å²) in [4.78, 5) is 0.612. The van der Waals surface area contributed by atoms with E-state index in [4.69, 9.17) is 4.74 Å². The van der Waals surface area contributed by atoms with Crippen molar-refractivity contribution in [2.24, 2.45) is 0 Å². The van der Waals surface area contributed by atoms with Gasteiger partial charge < -0.3 is 9.84 Å². The van der Waals surface area contributed by atoms with E-state index in [1.807, 2.05) is 20.8 Å². The van der Waals surface area contributed by atoms with E-state index in [9.17, 15) is 9.32 Å². The number of methoxy groups -OCH3 is 1. The number of phenols is 1. The second-order valence-corrected chi connectivity index (χ2v) is 6.45. The molecule has 1 atom stereocenters. The molecule has 0 spiro atoms. The lowest BCUT2D eigenvalue weighted by atomic mass is 10.3. The standard InChI is InChI=1S/C11H16O3S/c1-11(2,3)15(13)8-5-6-10(14-4)9(12)7-8/h5-7,12H,1-4H3. The van der Waals surface area contributed by atoms with Crippen LogP contribution < -0.4 is 4.74 Å². The Morgan fingerprint density at radius 2 is 1.93 bits per heavy atom. The van der Waals surface area contributed by atoms with Gasteiger partial charge in [-0.15, -0.1) is 0 Å². The molecule has 0 aromatic heterocycles. The smallest absolute Gasteiger partial charge is 0.160 e. The molecular weight excluding hydrogens is 212 g/mol. The SMILES string of the molecule is COc1ccc(S(=O)C(C)(C)C)cc1O. The van der Waals surface area contributed by atoms with E-state index in [2.05, 4.69) is 0 Å². The normalized spacial score (nSPS) is 13.6. The first-order valence-corrected chi connectivity index (χ1v) is 5.80. The number of aromatic hydroxyl groups is 1. The summed E-state index contributed by atoms with van der Waals surface area (Å²) in [5.41, 5.74) is 0. The lowest BCUT2D eigenvalue weighted by Gasteiger charge is -2.18. The third-order valence-corrected chi connectivity index (χ3v) is 3.72. The van der Waals surface area contributed by atoms with Crippen LogP contribution in [0.4, 0.5) is 0 Å². The average Bonchev–Trinajstić information content (AvgIpc) is 2.15. The van der Waals surface area contributed by atoms with E-state index in [0.29, 0.717) is 10.6 Å². The molecule has 0 aliphatic carbocycles. The minimum Gasteiger partial charge on any atom is -0.504 e. The van der Waals surface area contributed by atoms with Gasteiger partial charge in [0, 0.05) is 9.64 Å². The van der Waals surface area contributed by atoms with Crippen molar-refractivity contribution < 1.29 is 14.1 Å². The predicted octanol–water partition coefficient (Wildman–Crippen LogP) is 2.31. The highest BCUT2D eigenvalue weighted by molar-refractivity contribution is 7.86. The number of rotatable bonds is 2. The minimum atomic E-state index is -1.14. The van der Waals surface area contributed by atoms with Crippen molar-refractivity contribution in [3.05, 3.63) is 18.2 Å². The lowest BCUT2D eigenvalue weighted by molar-refractivity contribution is 0.372. The molecule has 0 heterocycles. The molecule has 0 fully saturated rings. The zero-order chi connectivity index (χ0) is 11.6. The van der Waals surface area contributed by atoms with E-state index in [0.717, 1.165) is 0 Å². The molecule has 0 bridgehead atoms. The fraction of sp³-hybridized carbons (Fsp3) is 0.455. The molecule has 4 heteroatoms. The van der Waals surface area contributed by atoms with Crippen LogP contribution in [-0.2, 0) is 10.8 Å². The molecule has 0 amide bonds. The Morgan fingerprint density at radius 1 is 1.33 bits per heavy atom. The molecule has 0 aliphatic rings. The Morgan fingerprint density at radius 3 is 2.33 bits per heavy atom. The molecule has 15 heavy (non-hydrogen) atoms. The van der Waals surface area contributed by atoms with Gasteiger partial charge in [-0.25, -0.2) is 0 Å². The zero-order valence-corrected chi connectivity index (χ0v) is 10.2. The Labute approximate surface area is 92.5 Å². The maximum absolute atomic E-state index is 12.0. The van der Waals surface area contributed by atoms with E-state index in [-0.39, 0.29) is 10.5 Å². The maximum atomic E-state index is 12.0. The summed E-state index contributed by atoms with van der Waals surface area (Å²) in [6.45, 7) is 5.68. The highest BCUT2D eigenvalue weighted by Crippen LogP contribution is 2.30. The second kappa shape index (κ2) is 4.23. The molecule has 3 nitrogen and oxygen atoms in total. The Kier molecular flexibility index (Phi) is 3.39. The van der Waals surface area contributed by atoms with Crippen molar-refractivity contribution in [3.63, 3.8) is 0 Å². The van der Waals surface area contributed by atoms with Crippen molar-refractivity contribution in [1.29, 1.82) is 0 Å². The first-order chi connectivity index (χ1) is 6.86. The summed E-state index contributed by atoms with van der Waals surface area (Å²) >= 11 is 0. The second-order valence-electron chi connectivity index (χ2n) is 4.21. The molecule has 0 saturated carbocycles. The van der Waals surface area contributed by atoms with Gasteiger partial charge in [0.05, 0.1) is 17.9 Å². The largest absolute Gasteiger partial charge is 0.504 e. The van der Waals surface area contributed by atoms with Crippen LogP contribution in [0.15, 0.2) is 23.1 Å². The Hall–Kier alpha value is -1.03. The Bertz CT molecular complexity index is 380. The number of ether oxygens (including phenoxy) is 1. The van der Waals surface area contributed by atoms with Gasteiger partial charge in [-0.2, -0.15) is 0 Å². The summed E-state index contributed by atoms with van der Waals surface area (Å²) in [6.07, 6.45) is 0. The summed E-state index contributed by atoms with van der Waals surface area (Å²) in [5.74, 6) is 0.414. The molecule has 0 saturated heterocycles. The van der Waals surface area contributed by atoms with Crippen molar-refractivity contribution >= 4 is 10.8 Å². The van der Waals surface area contributed by atoms with Crippen molar-refractivity contribution in [2.45, 2.75) is 30.4 Å². The van der Waals surface area contributed by atoms with Crippen LogP contribution >= 0.6 is 0 Å². The van der Waals surface area contributed by atoms with Crippen LogP contribution in [0.5, 0.6) is 11.5 Å². The third-order valence-electron chi connectivity index (χ3n) is 1.92. The van der Waals surface area contributed by atoms with Crippen molar-refractivity contribution in [3.8, 4) is 11.5 Å². The monoisotopic (exact) mass is 228 g/mol. The van der Waals surface area contributed by atoms with Gasteiger partial charge in [0.15, 0.2) is 11.5 Å². The molecule has 0 radical (unpaired) electrons. The fourth-order valence-electron chi connectivity index (χ4n) is 1.14. The van der Waals surface area contributed by atoms with E-state index >= 15 is 0 Å². The fourth-order valence-corrected chi connectivity index (χ4v) is 2.26. The van der Waals surface area contributed by atoms with Gasteiger partial charge in [-0.3, -0.25) is 4.21 Å². The molecule has 1 N–H and O–H groups in total. The van der Waals surface area contributed by atoms with E-state index in [1.54, 1.807) is 12.1 Å². The molecule has 1 aromatic rings. The predicted molar refractivity (Wildman–Crippen MR) is 60.8 cm³/mol. The van der Waals surface area contributed by atoms with Crippen LogP contribution in [0.25, 0.3) is 0 Å². The lowest BCUT2D eigenvalue weighted by Crippen LogP contribution is -2.21. The summed E-state index contributed by atoms with van der Waals surface area (Å²) in [5, 5.41) is 9.55. The van der Waals surface area contributed by atoms with Gasteiger partial charge in [0.2, 0.25) is 0 Å². The molecular formula is C11H16O3S. The maximum Gasteiger partial charge on any atom is 0.160 e. The van der Waals surface area contributed by atoms with Gasteiger partial charge in [-0.1, -0.05) is 0 Å². The van der Waals surface area contributed by atoms with Crippen molar-refractivity contribution in [2.75, 3.05) is 7.11 Å². The van der Waals surface area contributed by atoms with Crippen molar-refractivity contribution in [1.82, 2.24) is 0 Å². The van der Waals surface area contributed by atoms with Crippen LogP contribution in [0, 0.1) is 0 Å². The number of benzene rings is 1. The molecule has 1 rings (SSSR count). The molecule has 1 aromatic carbocycles. The van der Waals surface area contributed by atoms with Crippen LogP contribution in [0.3, 0.4) is 0 Å². The van der Waals surface area contributed by atoms with Crippen LogP contribution in [0.1, 0.15) is 20.8 Å². The Balaban J connectivity index is 3.08. The first kappa shape index (κ1) is 12.0. The highest BCUT2D eigenvalue weighted by Gasteiger charge is 2.21. The summed E-state index contributed by atoms with van der Waals surface area (Å²) in [7, 11) is 0.345. The summed E-state index contributed by atoms with van der Waals surface area (Å²) < 4.78 is 16.6. The first-order valence-electron chi connectivity index (χ1n) is 4.65. The topological polar surface area (TPSA) is 46.5 Å². The van der Waals surface area contributed by atoms with Gasteiger partial charge >= 0.3 is 0 Å². The molecule has 1 unspecified atom stereocenters. The minimum absolute atomic E-state index is 0.0209. The van der Waals surface area contributed by atoms with Gasteiger partial charge in [0.1, 0.15) is 0 Å².